The molecule has 0 radical (unpaired) electrons. The Balaban J connectivity index is 2.72. The van der Waals surface area contributed by atoms with Crippen molar-refractivity contribution in [3.8, 4) is 0 Å². The zero-order chi connectivity index (χ0) is 11.1. The van der Waals surface area contributed by atoms with Crippen LogP contribution in [0.25, 0.3) is 0 Å². The summed E-state index contributed by atoms with van der Waals surface area (Å²) in [5.41, 5.74) is 1.24. The smallest absolute Gasteiger partial charge is 0.127 e. The highest BCUT2D eigenvalue weighted by molar-refractivity contribution is 5.53. The van der Waals surface area contributed by atoms with Crippen molar-refractivity contribution < 1.29 is 0 Å². The van der Waals surface area contributed by atoms with E-state index in [2.05, 4.69) is 48.1 Å². The van der Waals surface area contributed by atoms with E-state index < -0.39 is 0 Å². The SMILES string of the molecule is CCCNc1cc(N(CC)CC)ccn1. The molecule has 0 bridgehead atoms. The lowest BCUT2D eigenvalue weighted by Crippen LogP contribution is -2.21. The Bertz CT molecular complexity index is 282. The molecule has 0 aliphatic heterocycles. The van der Waals surface area contributed by atoms with Gasteiger partial charge in [-0.3, -0.25) is 0 Å². The molecule has 0 spiro atoms. The Morgan fingerprint density at radius 2 is 2.00 bits per heavy atom. The van der Waals surface area contributed by atoms with Crippen molar-refractivity contribution in [2.24, 2.45) is 0 Å². The molecule has 84 valence electrons. The van der Waals surface area contributed by atoms with E-state index in [1.54, 1.807) is 0 Å². The van der Waals surface area contributed by atoms with E-state index in [0.717, 1.165) is 31.9 Å². The lowest BCUT2D eigenvalue weighted by molar-refractivity contribution is 0.864. The van der Waals surface area contributed by atoms with Gasteiger partial charge in [0.2, 0.25) is 0 Å². The number of anilines is 2. The van der Waals surface area contributed by atoms with Gasteiger partial charge in [0.25, 0.3) is 0 Å². The Morgan fingerprint density at radius 1 is 1.27 bits per heavy atom. The van der Waals surface area contributed by atoms with Crippen molar-refractivity contribution in [2.45, 2.75) is 27.2 Å². The highest BCUT2D eigenvalue weighted by Gasteiger charge is 2.02. The van der Waals surface area contributed by atoms with Gasteiger partial charge in [-0.15, -0.1) is 0 Å². The van der Waals surface area contributed by atoms with E-state index >= 15 is 0 Å². The molecule has 1 N–H and O–H groups in total. The zero-order valence-electron chi connectivity index (χ0n) is 9.95. The lowest BCUT2D eigenvalue weighted by Gasteiger charge is -2.21. The van der Waals surface area contributed by atoms with Crippen LogP contribution in [0.3, 0.4) is 0 Å². The third kappa shape index (κ3) is 3.42. The minimum absolute atomic E-state index is 0.973. The molecule has 1 heterocycles. The molecule has 0 aliphatic carbocycles. The van der Waals surface area contributed by atoms with E-state index in [-0.39, 0.29) is 0 Å². The largest absolute Gasteiger partial charge is 0.372 e. The van der Waals surface area contributed by atoms with Crippen LogP contribution in [-0.4, -0.2) is 24.6 Å². The fourth-order valence-electron chi connectivity index (χ4n) is 1.55. The third-order valence-corrected chi connectivity index (χ3v) is 2.43. The molecular formula is C12H21N3. The number of aromatic nitrogens is 1. The normalized spacial score (nSPS) is 10.1. The van der Waals surface area contributed by atoms with Crippen molar-refractivity contribution in [2.75, 3.05) is 29.9 Å². The molecule has 0 fully saturated rings. The van der Waals surface area contributed by atoms with Gasteiger partial charge < -0.3 is 10.2 Å². The Morgan fingerprint density at radius 3 is 2.60 bits per heavy atom. The Labute approximate surface area is 92.5 Å². The van der Waals surface area contributed by atoms with Crippen LogP contribution in [0.2, 0.25) is 0 Å². The molecule has 0 unspecified atom stereocenters. The number of pyridine rings is 1. The summed E-state index contributed by atoms with van der Waals surface area (Å²) in [6, 6.07) is 4.17. The van der Waals surface area contributed by atoms with Crippen molar-refractivity contribution in [1.82, 2.24) is 4.98 Å². The molecule has 3 nitrogen and oxygen atoms in total. The number of rotatable bonds is 6. The summed E-state index contributed by atoms with van der Waals surface area (Å²) < 4.78 is 0. The predicted octanol–water partition coefficient (Wildman–Crippen LogP) is 2.75. The zero-order valence-corrected chi connectivity index (χ0v) is 9.95. The summed E-state index contributed by atoms with van der Waals surface area (Å²) in [5.74, 6) is 0.973. The van der Waals surface area contributed by atoms with Gasteiger partial charge in [0.05, 0.1) is 0 Å². The second-order valence-electron chi connectivity index (χ2n) is 3.50. The van der Waals surface area contributed by atoms with Crippen LogP contribution in [-0.2, 0) is 0 Å². The van der Waals surface area contributed by atoms with E-state index in [1.807, 2.05) is 6.20 Å². The predicted molar refractivity (Wildman–Crippen MR) is 66.6 cm³/mol. The Kier molecular flexibility index (Phi) is 4.95. The molecule has 3 heteroatoms. The van der Waals surface area contributed by atoms with Crippen LogP contribution >= 0.6 is 0 Å². The third-order valence-electron chi connectivity index (χ3n) is 2.43. The maximum atomic E-state index is 4.29. The maximum Gasteiger partial charge on any atom is 0.127 e. The molecule has 0 saturated heterocycles. The summed E-state index contributed by atoms with van der Waals surface area (Å²) in [4.78, 5) is 6.61. The number of nitrogens with one attached hydrogen (secondary N) is 1. The van der Waals surface area contributed by atoms with Gasteiger partial charge in [-0.1, -0.05) is 6.92 Å². The topological polar surface area (TPSA) is 28.2 Å². The molecule has 15 heavy (non-hydrogen) atoms. The van der Waals surface area contributed by atoms with Gasteiger partial charge in [0.1, 0.15) is 5.82 Å². The molecule has 1 aromatic heterocycles. The summed E-state index contributed by atoms with van der Waals surface area (Å²) in [7, 11) is 0. The molecular weight excluding hydrogens is 186 g/mol. The van der Waals surface area contributed by atoms with Gasteiger partial charge >= 0.3 is 0 Å². The van der Waals surface area contributed by atoms with Gasteiger partial charge in [0, 0.05) is 37.6 Å². The molecule has 1 rings (SSSR count). The fraction of sp³-hybridized carbons (Fsp3) is 0.583. The fourth-order valence-corrected chi connectivity index (χ4v) is 1.55. The molecule has 0 saturated carbocycles. The van der Waals surface area contributed by atoms with Crippen molar-refractivity contribution in [3.05, 3.63) is 18.3 Å². The number of hydrogen-bond donors (Lipinski definition) is 1. The van der Waals surface area contributed by atoms with Crippen LogP contribution in [0, 0.1) is 0 Å². The van der Waals surface area contributed by atoms with E-state index in [4.69, 9.17) is 0 Å². The molecule has 1 aromatic rings. The van der Waals surface area contributed by atoms with Gasteiger partial charge in [-0.2, -0.15) is 0 Å². The van der Waals surface area contributed by atoms with Gasteiger partial charge in [-0.25, -0.2) is 4.98 Å². The second-order valence-corrected chi connectivity index (χ2v) is 3.50. The maximum absolute atomic E-state index is 4.29. The summed E-state index contributed by atoms with van der Waals surface area (Å²) in [6.45, 7) is 9.55. The van der Waals surface area contributed by atoms with Crippen LogP contribution in [0.4, 0.5) is 11.5 Å². The second kappa shape index (κ2) is 6.27. The number of nitrogens with zero attached hydrogens (tertiary/aromatic N) is 2. The minimum atomic E-state index is 0.973. The van der Waals surface area contributed by atoms with Gasteiger partial charge in [-0.05, 0) is 26.3 Å². The van der Waals surface area contributed by atoms with Crippen LogP contribution in [0.1, 0.15) is 27.2 Å². The number of hydrogen-bond acceptors (Lipinski definition) is 3. The average molecular weight is 207 g/mol. The van der Waals surface area contributed by atoms with Crippen molar-refractivity contribution in [3.63, 3.8) is 0 Å². The van der Waals surface area contributed by atoms with Crippen LogP contribution in [0.15, 0.2) is 18.3 Å². The molecule has 0 aliphatic rings. The quantitative estimate of drug-likeness (QED) is 0.777. The highest BCUT2D eigenvalue weighted by atomic mass is 15.1. The van der Waals surface area contributed by atoms with E-state index in [1.165, 1.54) is 5.69 Å². The van der Waals surface area contributed by atoms with Crippen molar-refractivity contribution in [1.29, 1.82) is 0 Å². The molecule has 0 atom stereocenters. The van der Waals surface area contributed by atoms with E-state index in [0.29, 0.717) is 0 Å². The molecule has 0 aromatic carbocycles. The summed E-state index contributed by atoms with van der Waals surface area (Å²) in [6.07, 6.45) is 2.99. The first-order chi connectivity index (χ1) is 7.31. The first-order valence-electron chi connectivity index (χ1n) is 5.76. The first-order valence-corrected chi connectivity index (χ1v) is 5.76. The minimum Gasteiger partial charge on any atom is -0.372 e. The molecule has 0 amide bonds. The van der Waals surface area contributed by atoms with Crippen molar-refractivity contribution >= 4 is 11.5 Å². The lowest BCUT2D eigenvalue weighted by atomic mass is 10.3. The van der Waals surface area contributed by atoms with Crippen LogP contribution in [0.5, 0.6) is 0 Å². The average Bonchev–Trinajstić information content (AvgIpc) is 2.29. The monoisotopic (exact) mass is 207 g/mol. The standard InChI is InChI=1S/C12H21N3/c1-4-8-13-12-10-11(7-9-14-12)15(5-2)6-3/h7,9-10H,4-6,8H2,1-3H3,(H,13,14). The first kappa shape index (κ1) is 11.8. The Hall–Kier alpha value is -1.25. The van der Waals surface area contributed by atoms with Crippen LogP contribution < -0.4 is 10.2 Å². The van der Waals surface area contributed by atoms with Gasteiger partial charge in [0.15, 0.2) is 0 Å². The summed E-state index contributed by atoms with van der Waals surface area (Å²) in [5, 5.41) is 3.30. The highest BCUT2D eigenvalue weighted by Crippen LogP contribution is 2.16. The van der Waals surface area contributed by atoms with E-state index in [9.17, 15) is 0 Å². The summed E-state index contributed by atoms with van der Waals surface area (Å²) >= 11 is 0.